The molecular formula is C13H16O4. The molecule has 1 aromatic carbocycles. The van der Waals surface area contributed by atoms with Gasteiger partial charge in [0.05, 0.1) is 7.11 Å². The summed E-state index contributed by atoms with van der Waals surface area (Å²) in [5.41, 5.74) is 0.991. The van der Waals surface area contributed by atoms with Crippen molar-refractivity contribution in [1.82, 2.24) is 0 Å². The number of carbonyl (C=O) groups is 1. The van der Waals surface area contributed by atoms with E-state index in [4.69, 9.17) is 9.47 Å². The van der Waals surface area contributed by atoms with Gasteiger partial charge in [-0.05, 0) is 24.5 Å². The van der Waals surface area contributed by atoms with Gasteiger partial charge in [0.1, 0.15) is 5.75 Å². The van der Waals surface area contributed by atoms with Gasteiger partial charge in [0, 0.05) is 19.1 Å². The lowest BCUT2D eigenvalue weighted by Crippen LogP contribution is -2.45. The fourth-order valence-corrected chi connectivity index (χ4v) is 2.39. The molecule has 1 aliphatic carbocycles. The zero-order valence-corrected chi connectivity index (χ0v) is 10.0. The van der Waals surface area contributed by atoms with Crippen molar-refractivity contribution in [1.29, 1.82) is 0 Å². The van der Waals surface area contributed by atoms with Crippen molar-refractivity contribution < 1.29 is 19.4 Å². The molecule has 92 valence electrons. The summed E-state index contributed by atoms with van der Waals surface area (Å²) in [5, 5.41) is 9.31. The van der Waals surface area contributed by atoms with Gasteiger partial charge in [-0.25, -0.2) is 4.79 Å². The molecule has 0 aromatic heterocycles. The van der Waals surface area contributed by atoms with Gasteiger partial charge in [-0.15, -0.1) is 0 Å². The Hall–Kier alpha value is -1.55. The second-order valence-electron chi connectivity index (χ2n) is 4.28. The van der Waals surface area contributed by atoms with Crippen molar-refractivity contribution >= 4 is 5.97 Å². The summed E-state index contributed by atoms with van der Waals surface area (Å²) in [6.07, 6.45) is 1.56. The van der Waals surface area contributed by atoms with E-state index in [1.807, 2.05) is 18.2 Å². The fraction of sp³-hybridized carbons (Fsp3) is 0.462. The number of carboxylic acids is 1. The van der Waals surface area contributed by atoms with Gasteiger partial charge in [0.2, 0.25) is 0 Å². The molecule has 4 nitrogen and oxygen atoms in total. The average molecular weight is 236 g/mol. The number of benzene rings is 1. The lowest BCUT2D eigenvalue weighted by Gasteiger charge is -2.33. The van der Waals surface area contributed by atoms with Gasteiger partial charge < -0.3 is 14.6 Å². The van der Waals surface area contributed by atoms with Crippen LogP contribution in [0.25, 0.3) is 0 Å². The van der Waals surface area contributed by atoms with Crippen LogP contribution in [0.15, 0.2) is 18.2 Å². The number of carboxylic acid groups (broad SMARTS) is 1. The molecule has 0 spiro atoms. The van der Waals surface area contributed by atoms with Crippen molar-refractivity contribution in [3.05, 3.63) is 29.3 Å². The highest BCUT2D eigenvalue weighted by atomic mass is 16.5. The Morgan fingerprint density at radius 2 is 2.18 bits per heavy atom. The maximum atomic E-state index is 11.4. The molecule has 0 saturated heterocycles. The van der Waals surface area contributed by atoms with Gasteiger partial charge in [-0.2, -0.15) is 0 Å². The Balaban J connectivity index is 2.43. The Morgan fingerprint density at radius 1 is 1.41 bits per heavy atom. The summed E-state index contributed by atoms with van der Waals surface area (Å²) in [4.78, 5) is 11.4. The second kappa shape index (κ2) is 4.37. The normalized spacial score (nSPS) is 22.9. The molecule has 0 radical (unpaired) electrons. The minimum Gasteiger partial charge on any atom is -0.496 e. The minimum absolute atomic E-state index is 0.359. The molecule has 1 unspecified atom stereocenters. The van der Waals surface area contributed by atoms with E-state index in [0.29, 0.717) is 19.3 Å². The van der Waals surface area contributed by atoms with E-state index in [1.165, 1.54) is 7.11 Å². The molecule has 4 heteroatoms. The second-order valence-corrected chi connectivity index (χ2v) is 4.28. The van der Waals surface area contributed by atoms with E-state index in [-0.39, 0.29) is 0 Å². The Labute approximate surface area is 100 Å². The summed E-state index contributed by atoms with van der Waals surface area (Å²) in [6, 6.07) is 5.80. The van der Waals surface area contributed by atoms with Crippen LogP contribution in [-0.2, 0) is 22.4 Å². The van der Waals surface area contributed by atoms with Gasteiger partial charge in [0.25, 0.3) is 0 Å². The van der Waals surface area contributed by atoms with Crippen LogP contribution < -0.4 is 4.74 Å². The van der Waals surface area contributed by atoms with E-state index in [0.717, 1.165) is 16.9 Å². The molecule has 0 heterocycles. The summed E-state index contributed by atoms with van der Waals surface area (Å²) < 4.78 is 10.5. The topological polar surface area (TPSA) is 55.8 Å². The van der Waals surface area contributed by atoms with Crippen LogP contribution >= 0.6 is 0 Å². The summed E-state index contributed by atoms with van der Waals surface area (Å²) >= 11 is 0. The third-order valence-corrected chi connectivity index (χ3v) is 3.49. The number of hydrogen-bond acceptors (Lipinski definition) is 3. The van der Waals surface area contributed by atoms with Crippen LogP contribution in [0.2, 0.25) is 0 Å². The fourth-order valence-electron chi connectivity index (χ4n) is 2.39. The van der Waals surface area contributed by atoms with Crippen molar-refractivity contribution in [2.24, 2.45) is 0 Å². The highest BCUT2D eigenvalue weighted by Crippen LogP contribution is 2.36. The van der Waals surface area contributed by atoms with Crippen LogP contribution in [0.3, 0.4) is 0 Å². The van der Waals surface area contributed by atoms with Crippen LogP contribution in [-0.4, -0.2) is 30.9 Å². The first-order chi connectivity index (χ1) is 8.13. The molecule has 0 bridgehead atoms. The third kappa shape index (κ3) is 1.89. The highest BCUT2D eigenvalue weighted by molar-refractivity contribution is 5.79. The van der Waals surface area contributed by atoms with Crippen molar-refractivity contribution in [2.75, 3.05) is 14.2 Å². The molecule has 1 N–H and O–H groups in total. The van der Waals surface area contributed by atoms with Crippen molar-refractivity contribution in [3.63, 3.8) is 0 Å². The molecule has 1 atom stereocenters. The van der Waals surface area contributed by atoms with E-state index in [1.54, 1.807) is 7.11 Å². The molecule has 0 aliphatic heterocycles. The number of hydrogen-bond donors (Lipinski definition) is 1. The number of methoxy groups -OCH3 is 2. The maximum absolute atomic E-state index is 11.4. The standard InChI is InChI=1S/C13H16O4/c1-16-11-5-3-4-9-6-7-13(17-2,12(14)15)8-10(9)11/h3-5H,6-8H2,1-2H3,(H,14,15). The third-order valence-electron chi connectivity index (χ3n) is 3.49. The smallest absolute Gasteiger partial charge is 0.336 e. The summed E-state index contributed by atoms with van der Waals surface area (Å²) in [5.74, 6) is -0.165. The van der Waals surface area contributed by atoms with E-state index >= 15 is 0 Å². The van der Waals surface area contributed by atoms with E-state index in [9.17, 15) is 9.90 Å². The number of aliphatic carboxylic acids is 1. The molecule has 2 rings (SSSR count). The van der Waals surface area contributed by atoms with Crippen LogP contribution in [0.4, 0.5) is 0 Å². The largest absolute Gasteiger partial charge is 0.496 e. The lowest BCUT2D eigenvalue weighted by atomic mass is 9.80. The van der Waals surface area contributed by atoms with Gasteiger partial charge in [-0.3, -0.25) is 0 Å². The molecule has 0 amide bonds. The number of rotatable bonds is 3. The SMILES string of the molecule is COc1cccc2c1CC(OC)(C(=O)O)CC2. The zero-order chi connectivity index (χ0) is 12.5. The zero-order valence-electron chi connectivity index (χ0n) is 10.0. The van der Waals surface area contributed by atoms with Crippen molar-refractivity contribution in [2.45, 2.75) is 24.9 Å². The van der Waals surface area contributed by atoms with Gasteiger partial charge in [0.15, 0.2) is 5.60 Å². The Bertz CT molecular complexity index is 427. The van der Waals surface area contributed by atoms with Crippen LogP contribution in [0.5, 0.6) is 5.75 Å². The molecule has 1 aliphatic rings. The number of fused-ring (bicyclic) bond motifs is 1. The first-order valence-electron chi connectivity index (χ1n) is 5.56. The highest BCUT2D eigenvalue weighted by Gasteiger charge is 2.42. The molecule has 0 saturated carbocycles. The number of aryl methyl sites for hydroxylation is 1. The average Bonchev–Trinajstić information content (AvgIpc) is 2.37. The van der Waals surface area contributed by atoms with Gasteiger partial charge in [-0.1, -0.05) is 12.1 Å². The van der Waals surface area contributed by atoms with Crippen molar-refractivity contribution in [3.8, 4) is 5.75 Å². The van der Waals surface area contributed by atoms with Gasteiger partial charge >= 0.3 is 5.97 Å². The first kappa shape index (κ1) is 11.9. The Morgan fingerprint density at radius 3 is 2.76 bits per heavy atom. The molecule has 17 heavy (non-hydrogen) atoms. The summed E-state index contributed by atoms with van der Waals surface area (Å²) in [6.45, 7) is 0. The molecular weight excluding hydrogens is 220 g/mol. The van der Waals surface area contributed by atoms with E-state index < -0.39 is 11.6 Å². The first-order valence-corrected chi connectivity index (χ1v) is 5.56. The predicted molar refractivity (Wildman–Crippen MR) is 62.4 cm³/mol. The quantitative estimate of drug-likeness (QED) is 0.867. The van der Waals surface area contributed by atoms with Crippen LogP contribution in [0, 0.1) is 0 Å². The number of ether oxygens (including phenoxy) is 2. The minimum atomic E-state index is -1.11. The molecule has 1 aromatic rings. The Kier molecular flexibility index (Phi) is 3.07. The monoisotopic (exact) mass is 236 g/mol. The maximum Gasteiger partial charge on any atom is 0.336 e. The molecule has 0 fully saturated rings. The predicted octanol–water partition coefficient (Wildman–Crippen LogP) is 1.65. The summed E-state index contributed by atoms with van der Waals surface area (Å²) in [7, 11) is 3.05. The lowest BCUT2D eigenvalue weighted by molar-refractivity contribution is -0.163. The van der Waals surface area contributed by atoms with E-state index in [2.05, 4.69) is 0 Å². The van der Waals surface area contributed by atoms with Crippen LogP contribution in [0.1, 0.15) is 17.5 Å².